The topological polar surface area (TPSA) is 79.3 Å². The van der Waals surface area contributed by atoms with Gasteiger partial charge in [0.05, 0.1) is 16.6 Å². The number of benzene rings is 1. The van der Waals surface area contributed by atoms with Crippen LogP contribution in [0.4, 0.5) is 5.69 Å². The molecule has 126 valence electrons. The van der Waals surface area contributed by atoms with E-state index in [1.54, 1.807) is 11.3 Å². The van der Waals surface area contributed by atoms with Crippen molar-refractivity contribution < 1.29 is 14.7 Å². The third-order valence-corrected chi connectivity index (χ3v) is 5.21. The molecule has 5 nitrogen and oxygen atoms in total. The van der Waals surface area contributed by atoms with Gasteiger partial charge in [-0.25, -0.2) is 4.98 Å². The number of aryl methyl sites for hydroxylation is 1. The third kappa shape index (κ3) is 3.82. The Kier molecular flexibility index (Phi) is 4.94. The summed E-state index contributed by atoms with van der Waals surface area (Å²) in [7, 11) is 0. The summed E-state index contributed by atoms with van der Waals surface area (Å²) in [6.45, 7) is 1.96. The van der Waals surface area contributed by atoms with Crippen LogP contribution in [0.5, 0.6) is 0 Å². The first-order chi connectivity index (χ1) is 11.5. The predicted molar refractivity (Wildman–Crippen MR) is 94.0 cm³/mol. The highest BCUT2D eigenvalue weighted by molar-refractivity contribution is 7.09. The van der Waals surface area contributed by atoms with Gasteiger partial charge < -0.3 is 10.4 Å². The number of nitrogens with one attached hydrogen (secondary N) is 1. The summed E-state index contributed by atoms with van der Waals surface area (Å²) in [5.74, 6) is -1.52. The number of carboxylic acid groups (broad SMARTS) is 1. The Morgan fingerprint density at radius 2 is 2.08 bits per heavy atom. The number of hydrogen-bond acceptors (Lipinski definition) is 4. The van der Waals surface area contributed by atoms with Gasteiger partial charge in [0.15, 0.2) is 0 Å². The van der Waals surface area contributed by atoms with E-state index >= 15 is 0 Å². The first kappa shape index (κ1) is 16.6. The van der Waals surface area contributed by atoms with E-state index in [2.05, 4.69) is 10.3 Å². The van der Waals surface area contributed by atoms with Gasteiger partial charge in [-0.05, 0) is 38.3 Å². The number of nitrogens with zero attached hydrogens (tertiary/aromatic N) is 1. The Bertz CT molecular complexity index is 756. The van der Waals surface area contributed by atoms with E-state index < -0.39 is 11.9 Å². The molecule has 2 atom stereocenters. The average molecular weight is 344 g/mol. The van der Waals surface area contributed by atoms with Gasteiger partial charge in [-0.1, -0.05) is 18.6 Å². The average Bonchev–Trinajstić information content (AvgIpc) is 3.02. The Morgan fingerprint density at radius 3 is 2.79 bits per heavy atom. The first-order valence-electron chi connectivity index (χ1n) is 8.09. The third-order valence-electron chi connectivity index (χ3n) is 4.44. The molecule has 24 heavy (non-hydrogen) atoms. The van der Waals surface area contributed by atoms with Crippen molar-refractivity contribution in [1.82, 2.24) is 4.98 Å². The Balaban J connectivity index is 1.69. The lowest BCUT2D eigenvalue weighted by Gasteiger charge is -2.25. The predicted octanol–water partition coefficient (Wildman–Crippen LogP) is 3.95. The van der Waals surface area contributed by atoms with Crippen molar-refractivity contribution in [3.63, 3.8) is 0 Å². The molecule has 3 rings (SSSR count). The lowest BCUT2D eigenvalue weighted by molar-refractivity contribution is -0.143. The van der Waals surface area contributed by atoms with Gasteiger partial charge in [-0.15, -0.1) is 11.3 Å². The van der Waals surface area contributed by atoms with E-state index in [4.69, 9.17) is 5.11 Å². The molecule has 2 N–H and O–H groups in total. The molecule has 0 spiro atoms. The minimum Gasteiger partial charge on any atom is -0.481 e. The van der Waals surface area contributed by atoms with Crippen molar-refractivity contribution in [3.05, 3.63) is 34.7 Å². The molecule has 1 aromatic heterocycles. The summed E-state index contributed by atoms with van der Waals surface area (Å²) in [5.41, 5.74) is 2.59. The zero-order valence-corrected chi connectivity index (χ0v) is 14.3. The van der Waals surface area contributed by atoms with Crippen LogP contribution < -0.4 is 5.32 Å². The number of hydrogen-bond donors (Lipinski definition) is 2. The maximum atomic E-state index is 12.5. The van der Waals surface area contributed by atoms with Crippen LogP contribution in [0, 0.1) is 18.8 Å². The van der Waals surface area contributed by atoms with Crippen LogP contribution in [0.3, 0.4) is 0 Å². The van der Waals surface area contributed by atoms with Gasteiger partial charge in [0.1, 0.15) is 0 Å². The van der Waals surface area contributed by atoms with E-state index in [9.17, 15) is 9.59 Å². The summed E-state index contributed by atoms with van der Waals surface area (Å²) in [6.07, 6.45) is 2.62. The Hall–Kier alpha value is -2.21. The van der Waals surface area contributed by atoms with E-state index in [1.165, 1.54) is 0 Å². The van der Waals surface area contributed by atoms with Gasteiger partial charge in [-0.2, -0.15) is 0 Å². The second-order valence-electron chi connectivity index (χ2n) is 6.22. The van der Waals surface area contributed by atoms with Crippen molar-refractivity contribution in [2.75, 3.05) is 5.32 Å². The molecule has 0 bridgehead atoms. The monoisotopic (exact) mass is 344 g/mol. The zero-order chi connectivity index (χ0) is 17.1. The number of carbonyl (C=O) groups is 2. The van der Waals surface area contributed by atoms with Crippen LogP contribution in [0.25, 0.3) is 11.3 Å². The molecule has 1 aliphatic rings. The van der Waals surface area contributed by atoms with E-state index in [-0.39, 0.29) is 11.8 Å². The minimum atomic E-state index is -0.798. The van der Waals surface area contributed by atoms with Crippen LogP contribution in [0.15, 0.2) is 29.6 Å². The van der Waals surface area contributed by atoms with Crippen molar-refractivity contribution in [1.29, 1.82) is 0 Å². The van der Waals surface area contributed by atoms with Gasteiger partial charge >= 0.3 is 5.97 Å². The fourth-order valence-corrected chi connectivity index (χ4v) is 3.77. The fraction of sp³-hybridized carbons (Fsp3) is 0.389. The maximum absolute atomic E-state index is 12.5. The lowest BCUT2D eigenvalue weighted by atomic mass is 9.81. The molecular weight excluding hydrogens is 324 g/mol. The van der Waals surface area contributed by atoms with Crippen LogP contribution in [-0.4, -0.2) is 22.0 Å². The minimum absolute atomic E-state index is 0.0902. The Morgan fingerprint density at radius 1 is 1.29 bits per heavy atom. The second-order valence-corrected chi connectivity index (χ2v) is 7.28. The number of carbonyl (C=O) groups excluding carboxylic acids is 1. The van der Waals surface area contributed by atoms with E-state index in [0.717, 1.165) is 34.8 Å². The quantitative estimate of drug-likeness (QED) is 0.880. The summed E-state index contributed by atoms with van der Waals surface area (Å²) in [4.78, 5) is 28.1. The number of rotatable bonds is 4. The van der Waals surface area contributed by atoms with Gasteiger partial charge in [0.25, 0.3) is 0 Å². The Labute approximate surface area is 144 Å². The summed E-state index contributed by atoms with van der Waals surface area (Å²) in [5, 5.41) is 15.1. The number of anilines is 1. The molecular formula is C18H20N2O3S. The highest BCUT2D eigenvalue weighted by Gasteiger charge is 2.31. The molecule has 0 saturated heterocycles. The van der Waals surface area contributed by atoms with Crippen LogP contribution in [-0.2, 0) is 9.59 Å². The fourth-order valence-electron chi connectivity index (χ4n) is 3.15. The molecule has 1 aliphatic carbocycles. The zero-order valence-electron chi connectivity index (χ0n) is 13.5. The molecule has 0 aliphatic heterocycles. The molecule has 6 heteroatoms. The second kappa shape index (κ2) is 7.13. The number of aliphatic carboxylic acids is 1. The standard InChI is InChI=1S/C18H20N2O3S/c1-11-19-16(10-24-11)12-4-3-7-15(9-12)20-17(21)13-5-2-6-14(8-13)18(22)23/h3-4,7,9-10,13-14H,2,5-6,8H2,1H3,(H,20,21)(H,22,23). The summed E-state index contributed by atoms with van der Waals surface area (Å²) >= 11 is 1.59. The smallest absolute Gasteiger partial charge is 0.306 e. The van der Waals surface area contributed by atoms with Crippen LogP contribution in [0.1, 0.15) is 30.7 Å². The number of amides is 1. The normalized spacial score (nSPS) is 20.5. The largest absolute Gasteiger partial charge is 0.481 e. The van der Waals surface area contributed by atoms with Crippen molar-refractivity contribution in [3.8, 4) is 11.3 Å². The van der Waals surface area contributed by atoms with Gasteiger partial charge in [0, 0.05) is 22.5 Å². The first-order valence-corrected chi connectivity index (χ1v) is 8.97. The molecule has 2 unspecified atom stereocenters. The molecule has 2 aromatic rings. The highest BCUT2D eigenvalue weighted by atomic mass is 32.1. The number of carboxylic acids is 1. The molecule has 1 aromatic carbocycles. The van der Waals surface area contributed by atoms with E-state index in [1.807, 2.05) is 36.6 Å². The highest BCUT2D eigenvalue weighted by Crippen LogP contribution is 2.31. The van der Waals surface area contributed by atoms with Crippen molar-refractivity contribution >= 4 is 28.9 Å². The summed E-state index contributed by atoms with van der Waals surface area (Å²) < 4.78 is 0. The number of thiazole rings is 1. The van der Waals surface area contributed by atoms with Gasteiger partial charge in [-0.3, -0.25) is 9.59 Å². The summed E-state index contributed by atoms with van der Waals surface area (Å²) in [6, 6.07) is 7.60. The van der Waals surface area contributed by atoms with Gasteiger partial charge in [0.2, 0.25) is 5.91 Å². The maximum Gasteiger partial charge on any atom is 0.306 e. The number of aromatic nitrogens is 1. The molecule has 1 fully saturated rings. The SMILES string of the molecule is Cc1nc(-c2cccc(NC(=O)C3CCCC(C(=O)O)C3)c2)cs1. The van der Waals surface area contributed by atoms with Crippen molar-refractivity contribution in [2.45, 2.75) is 32.6 Å². The lowest BCUT2D eigenvalue weighted by Crippen LogP contribution is -2.30. The molecule has 1 amide bonds. The molecule has 1 saturated carbocycles. The van der Waals surface area contributed by atoms with Crippen LogP contribution in [0.2, 0.25) is 0 Å². The van der Waals surface area contributed by atoms with E-state index in [0.29, 0.717) is 12.8 Å². The molecule has 1 heterocycles. The van der Waals surface area contributed by atoms with Crippen molar-refractivity contribution in [2.24, 2.45) is 11.8 Å². The molecule has 0 radical (unpaired) electrons. The van der Waals surface area contributed by atoms with Crippen LogP contribution >= 0.6 is 11.3 Å².